The number of rotatable bonds is 4. The van der Waals surface area contributed by atoms with Gasteiger partial charge in [0.25, 0.3) is 0 Å². The molecule has 0 aromatic heterocycles. The van der Waals surface area contributed by atoms with Crippen molar-refractivity contribution in [2.75, 3.05) is 6.61 Å². The molecule has 0 aliphatic heterocycles. The fourth-order valence-electron chi connectivity index (χ4n) is 3.63. The maximum Gasteiger partial charge on any atom is 0.119 e. The third-order valence-corrected chi connectivity index (χ3v) is 5.47. The first-order valence-electron chi connectivity index (χ1n) is 11.7. The zero-order valence-corrected chi connectivity index (χ0v) is 20.4. The van der Waals surface area contributed by atoms with Gasteiger partial charge in [-0.25, -0.2) is 0 Å². The lowest BCUT2D eigenvalue weighted by Crippen LogP contribution is -2.19. The van der Waals surface area contributed by atoms with Crippen LogP contribution in [-0.2, 0) is 0 Å². The van der Waals surface area contributed by atoms with Crippen molar-refractivity contribution >= 4 is 10.8 Å². The SMILES string of the molecule is CC.CC.CC(C)c1ccc2cc(OCC3CC=C(C(C)(C)C)CC3)ccc2c1. The molecule has 0 heterocycles. The van der Waals surface area contributed by atoms with Gasteiger partial charge in [0.15, 0.2) is 0 Å². The molecule has 0 bridgehead atoms. The zero-order valence-electron chi connectivity index (χ0n) is 20.4. The maximum atomic E-state index is 6.12. The minimum Gasteiger partial charge on any atom is -0.493 e. The fraction of sp³-hybridized carbons (Fsp3) is 0.571. The van der Waals surface area contributed by atoms with Crippen molar-refractivity contribution in [3.8, 4) is 5.75 Å². The average Bonchev–Trinajstić information content (AvgIpc) is 2.74. The Kier molecular flexibility index (Phi) is 10.5. The van der Waals surface area contributed by atoms with Crippen molar-refractivity contribution in [1.82, 2.24) is 0 Å². The van der Waals surface area contributed by atoms with Crippen LogP contribution in [0, 0.1) is 11.3 Å². The molecule has 162 valence electrons. The lowest BCUT2D eigenvalue weighted by Gasteiger charge is -2.29. The van der Waals surface area contributed by atoms with Gasteiger partial charge in [-0.05, 0) is 65.0 Å². The highest BCUT2D eigenvalue weighted by Gasteiger charge is 2.22. The molecule has 1 unspecified atom stereocenters. The van der Waals surface area contributed by atoms with Gasteiger partial charge in [0, 0.05) is 0 Å². The van der Waals surface area contributed by atoms with Crippen molar-refractivity contribution in [3.05, 3.63) is 53.6 Å². The molecule has 2 aromatic carbocycles. The molecule has 1 heteroatoms. The van der Waals surface area contributed by atoms with Gasteiger partial charge in [-0.1, -0.05) is 98.2 Å². The van der Waals surface area contributed by atoms with E-state index in [9.17, 15) is 0 Å². The summed E-state index contributed by atoms with van der Waals surface area (Å²) in [6, 6.07) is 13.2. The zero-order chi connectivity index (χ0) is 22.0. The first-order chi connectivity index (χ1) is 13.8. The Balaban J connectivity index is 0.000000989. The van der Waals surface area contributed by atoms with E-state index >= 15 is 0 Å². The lowest BCUT2D eigenvalue weighted by molar-refractivity contribution is 0.233. The van der Waals surface area contributed by atoms with Crippen molar-refractivity contribution in [1.29, 1.82) is 0 Å². The second-order valence-corrected chi connectivity index (χ2v) is 8.85. The quantitative estimate of drug-likeness (QED) is 0.468. The lowest BCUT2D eigenvalue weighted by atomic mass is 9.77. The first kappa shape index (κ1) is 25.3. The van der Waals surface area contributed by atoms with Gasteiger partial charge in [0.2, 0.25) is 0 Å². The second-order valence-electron chi connectivity index (χ2n) is 8.85. The molecule has 0 fully saturated rings. The third kappa shape index (κ3) is 7.53. The Bertz CT molecular complexity index is 761. The number of ether oxygens (including phenoxy) is 1. The van der Waals surface area contributed by atoms with Crippen molar-refractivity contribution in [2.45, 2.75) is 87.5 Å². The van der Waals surface area contributed by atoms with Crippen LogP contribution in [0.25, 0.3) is 10.8 Å². The third-order valence-electron chi connectivity index (χ3n) is 5.47. The summed E-state index contributed by atoms with van der Waals surface area (Å²) >= 11 is 0. The van der Waals surface area contributed by atoms with E-state index in [4.69, 9.17) is 4.74 Å². The van der Waals surface area contributed by atoms with Crippen LogP contribution in [0.3, 0.4) is 0 Å². The number of hydrogen-bond acceptors (Lipinski definition) is 1. The highest BCUT2D eigenvalue weighted by atomic mass is 16.5. The highest BCUT2D eigenvalue weighted by molar-refractivity contribution is 5.84. The van der Waals surface area contributed by atoms with Gasteiger partial charge in [0.05, 0.1) is 6.61 Å². The van der Waals surface area contributed by atoms with Crippen LogP contribution in [0.15, 0.2) is 48.0 Å². The summed E-state index contributed by atoms with van der Waals surface area (Å²) in [5.41, 5.74) is 3.32. The molecule has 29 heavy (non-hydrogen) atoms. The van der Waals surface area contributed by atoms with Crippen LogP contribution in [0.4, 0.5) is 0 Å². The van der Waals surface area contributed by atoms with Gasteiger partial charge in [-0.2, -0.15) is 0 Å². The van der Waals surface area contributed by atoms with Crippen LogP contribution in [0.1, 0.15) is 93.1 Å². The molecule has 0 saturated carbocycles. The summed E-state index contributed by atoms with van der Waals surface area (Å²) in [5, 5.41) is 2.56. The number of hydrogen-bond donors (Lipinski definition) is 0. The van der Waals surface area contributed by atoms with E-state index in [1.165, 1.54) is 29.2 Å². The molecule has 0 saturated heterocycles. The molecule has 0 amide bonds. The van der Waals surface area contributed by atoms with E-state index in [1.54, 1.807) is 5.57 Å². The van der Waals surface area contributed by atoms with Gasteiger partial charge >= 0.3 is 0 Å². The molecular formula is C28H44O. The van der Waals surface area contributed by atoms with Crippen LogP contribution in [0.5, 0.6) is 5.75 Å². The molecule has 0 radical (unpaired) electrons. The van der Waals surface area contributed by atoms with Crippen LogP contribution < -0.4 is 4.74 Å². The summed E-state index contributed by atoms with van der Waals surface area (Å²) in [6.45, 7) is 20.2. The Labute approximate surface area is 180 Å². The number of benzene rings is 2. The van der Waals surface area contributed by atoms with E-state index < -0.39 is 0 Å². The molecular weight excluding hydrogens is 352 g/mol. The standard InChI is InChI=1S/C24H32O.2C2H6/c1-17(2)19-8-9-21-15-23(13-10-20(21)14-19)25-16-18-6-11-22(12-7-18)24(3,4)5;2*1-2/h8-11,13-15,17-18H,6-7,12,16H2,1-5H3;2*1-2H3. The predicted molar refractivity (Wildman–Crippen MR) is 131 cm³/mol. The summed E-state index contributed by atoms with van der Waals surface area (Å²) in [5.74, 6) is 2.21. The summed E-state index contributed by atoms with van der Waals surface area (Å²) in [6.07, 6.45) is 6.06. The van der Waals surface area contributed by atoms with E-state index in [1.807, 2.05) is 27.7 Å². The van der Waals surface area contributed by atoms with Gasteiger partial charge < -0.3 is 4.74 Å². The Hall–Kier alpha value is -1.76. The fourth-order valence-corrected chi connectivity index (χ4v) is 3.63. The van der Waals surface area contributed by atoms with E-state index in [0.717, 1.165) is 18.8 Å². The Morgan fingerprint density at radius 3 is 2.10 bits per heavy atom. The van der Waals surface area contributed by atoms with Crippen LogP contribution in [0.2, 0.25) is 0 Å². The molecule has 0 N–H and O–H groups in total. The molecule has 2 aromatic rings. The summed E-state index contributed by atoms with van der Waals surface area (Å²) < 4.78 is 6.12. The van der Waals surface area contributed by atoms with Crippen LogP contribution >= 0.6 is 0 Å². The van der Waals surface area contributed by atoms with E-state index in [-0.39, 0.29) is 0 Å². The molecule has 1 nitrogen and oxygen atoms in total. The van der Waals surface area contributed by atoms with Crippen molar-refractivity contribution in [3.63, 3.8) is 0 Å². The molecule has 0 spiro atoms. The largest absolute Gasteiger partial charge is 0.493 e. The number of allylic oxidation sites excluding steroid dienone is 2. The molecule has 3 rings (SSSR count). The highest BCUT2D eigenvalue weighted by Crippen LogP contribution is 2.35. The van der Waals surface area contributed by atoms with Gasteiger partial charge in [-0.15, -0.1) is 0 Å². The Morgan fingerprint density at radius 2 is 1.55 bits per heavy atom. The minimum atomic E-state index is 0.318. The second kappa shape index (κ2) is 12.1. The Morgan fingerprint density at radius 1 is 0.931 bits per heavy atom. The minimum absolute atomic E-state index is 0.318. The maximum absolute atomic E-state index is 6.12. The van der Waals surface area contributed by atoms with Crippen LogP contribution in [-0.4, -0.2) is 6.61 Å². The first-order valence-corrected chi connectivity index (χ1v) is 11.7. The number of fused-ring (bicyclic) bond motifs is 1. The smallest absolute Gasteiger partial charge is 0.119 e. The normalized spacial score (nSPS) is 16.3. The van der Waals surface area contributed by atoms with Gasteiger partial charge in [0.1, 0.15) is 5.75 Å². The molecule has 1 atom stereocenters. The van der Waals surface area contributed by atoms with Crippen molar-refractivity contribution < 1.29 is 4.74 Å². The monoisotopic (exact) mass is 396 g/mol. The van der Waals surface area contributed by atoms with E-state index in [2.05, 4.69) is 77.1 Å². The topological polar surface area (TPSA) is 9.23 Å². The van der Waals surface area contributed by atoms with E-state index in [0.29, 0.717) is 17.3 Å². The summed E-state index contributed by atoms with van der Waals surface area (Å²) in [4.78, 5) is 0. The predicted octanol–water partition coefficient (Wildman–Crippen LogP) is 9.17. The summed E-state index contributed by atoms with van der Waals surface area (Å²) in [7, 11) is 0. The molecule has 1 aliphatic rings. The van der Waals surface area contributed by atoms with Crippen molar-refractivity contribution in [2.24, 2.45) is 11.3 Å². The van der Waals surface area contributed by atoms with Gasteiger partial charge in [-0.3, -0.25) is 0 Å². The average molecular weight is 397 g/mol. The molecule has 1 aliphatic carbocycles.